The fourth-order valence-corrected chi connectivity index (χ4v) is 3.69. The van der Waals surface area contributed by atoms with Crippen molar-refractivity contribution in [2.24, 2.45) is 0 Å². The molecule has 0 saturated heterocycles. The van der Waals surface area contributed by atoms with Crippen LogP contribution >= 0.6 is 0 Å². The summed E-state index contributed by atoms with van der Waals surface area (Å²) in [5, 5.41) is 10.8. The summed E-state index contributed by atoms with van der Waals surface area (Å²) in [6.45, 7) is 3.47. The van der Waals surface area contributed by atoms with Gasteiger partial charge >= 0.3 is 0 Å². The molecule has 0 bridgehead atoms. The number of fused-ring (bicyclic) bond motifs is 1. The van der Waals surface area contributed by atoms with Crippen LogP contribution in [0, 0.1) is 10.1 Å². The molecule has 0 saturated carbocycles. The Balaban J connectivity index is 1.92. The summed E-state index contributed by atoms with van der Waals surface area (Å²) in [4.78, 5) is 9.99. The topological polar surface area (TPSA) is 117 Å². The first kappa shape index (κ1) is 17.8. The van der Waals surface area contributed by atoms with Crippen molar-refractivity contribution in [1.29, 1.82) is 0 Å². The number of anilines is 1. The predicted octanol–water partition coefficient (Wildman–Crippen LogP) is 2.91. The lowest BCUT2D eigenvalue weighted by atomic mass is 10.3. The SMILES string of the molecule is COc1cc([N+](=O)[O-])ccc1S(=O)(=O)Nc1ccc2c(c1)OC(C)(C)O2. The normalized spacial score (nSPS) is 14.7. The fraction of sp³-hybridized carbons (Fsp3) is 0.250. The predicted molar refractivity (Wildman–Crippen MR) is 92.2 cm³/mol. The first-order chi connectivity index (χ1) is 12.1. The average Bonchev–Trinajstić information content (AvgIpc) is 2.86. The number of sulfonamides is 1. The van der Waals surface area contributed by atoms with Crippen LogP contribution in [-0.2, 0) is 10.0 Å². The van der Waals surface area contributed by atoms with Gasteiger partial charge in [0, 0.05) is 26.0 Å². The number of rotatable bonds is 5. The lowest BCUT2D eigenvalue weighted by molar-refractivity contribution is -0.385. The molecular weight excluding hydrogens is 364 g/mol. The standard InChI is InChI=1S/C16H16N2O7S/c1-16(2)24-12-6-4-10(8-13(12)25-16)17-26(21,22)15-7-5-11(18(19)20)9-14(15)23-3/h4-9,17H,1-3H3. The quantitative estimate of drug-likeness (QED) is 0.626. The molecule has 0 aliphatic carbocycles. The Bertz CT molecular complexity index is 986. The second kappa shape index (κ2) is 6.06. The monoisotopic (exact) mass is 380 g/mol. The summed E-state index contributed by atoms with van der Waals surface area (Å²) in [6.07, 6.45) is 0. The van der Waals surface area contributed by atoms with Crippen molar-refractivity contribution in [2.45, 2.75) is 24.5 Å². The van der Waals surface area contributed by atoms with Crippen LogP contribution in [0.15, 0.2) is 41.3 Å². The molecule has 0 unspecified atom stereocenters. The summed E-state index contributed by atoms with van der Waals surface area (Å²) in [6, 6.07) is 7.89. The van der Waals surface area contributed by atoms with Crippen molar-refractivity contribution >= 4 is 21.4 Å². The number of ether oxygens (including phenoxy) is 3. The number of benzene rings is 2. The smallest absolute Gasteiger partial charge is 0.273 e. The minimum atomic E-state index is -4.04. The van der Waals surface area contributed by atoms with Crippen LogP contribution in [0.4, 0.5) is 11.4 Å². The molecule has 1 heterocycles. The van der Waals surface area contributed by atoms with E-state index in [1.807, 2.05) is 0 Å². The van der Waals surface area contributed by atoms with Gasteiger partial charge in [0.2, 0.25) is 5.79 Å². The number of nitrogens with one attached hydrogen (secondary N) is 1. The van der Waals surface area contributed by atoms with Gasteiger partial charge in [0.25, 0.3) is 15.7 Å². The largest absolute Gasteiger partial charge is 0.495 e. The number of nitrogens with zero attached hydrogens (tertiary/aromatic N) is 1. The molecule has 10 heteroatoms. The number of hydrogen-bond acceptors (Lipinski definition) is 7. The fourth-order valence-electron chi connectivity index (χ4n) is 2.49. The zero-order valence-electron chi connectivity index (χ0n) is 14.2. The number of hydrogen-bond donors (Lipinski definition) is 1. The Kier molecular flexibility index (Phi) is 4.15. The zero-order valence-corrected chi connectivity index (χ0v) is 15.0. The summed E-state index contributed by atoms with van der Waals surface area (Å²) < 4.78 is 43.8. The van der Waals surface area contributed by atoms with Crippen LogP contribution in [-0.4, -0.2) is 26.2 Å². The highest BCUT2D eigenvalue weighted by Crippen LogP contribution is 2.41. The molecule has 0 fully saturated rings. The van der Waals surface area contributed by atoms with Crippen molar-refractivity contribution in [2.75, 3.05) is 11.8 Å². The molecule has 26 heavy (non-hydrogen) atoms. The van der Waals surface area contributed by atoms with Gasteiger partial charge in [-0.15, -0.1) is 0 Å². The summed E-state index contributed by atoms with van der Waals surface area (Å²) in [5.74, 6) is -0.0492. The maximum absolute atomic E-state index is 12.7. The van der Waals surface area contributed by atoms with Crippen LogP contribution in [0.25, 0.3) is 0 Å². The molecule has 1 aliphatic heterocycles. The van der Waals surface area contributed by atoms with Gasteiger partial charge in [-0.2, -0.15) is 0 Å². The Morgan fingerprint density at radius 3 is 2.46 bits per heavy atom. The number of nitro benzene ring substituents is 1. The average molecular weight is 380 g/mol. The molecule has 9 nitrogen and oxygen atoms in total. The minimum Gasteiger partial charge on any atom is -0.495 e. The molecule has 1 N–H and O–H groups in total. The van der Waals surface area contributed by atoms with Gasteiger partial charge in [0.1, 0.15) is 10.6 Å². The number of nitro groups is 1. The van der Waals surface area contributed by atoms with Gasteiger partial charge in [0.05, 0.1) is 23.8 Å². The molecule has 2 aromatic rings. The first-order valence-electron chi connectivity index (χ1n) is 7.49. The summed E-state index contributed by atoms with van der Waals surface area (Å²) >= 11 is 0. The van der Waals surface area contributed by atoms with Crippen molar-refractivity contribution in [3.05, 3.63) is 46.5 Å². The molecular formula is C16H16N2O7S. The first-order valence-corrected chi connectivity index (χ1v) is 8.97. The van der Waals surface area contributed by atoms with E-state index in [0.717, 1.165) is 18.2 Å². The second-order valence-corrected chi connectivity index (χ2v) is 7.61. The van der Waals surface area contributed by atoms with Crippen LogP contribution in [0.1, 0.15) is 13.8 Å². The third kappa shape index (κ3) is 3.36. The Morgan fingerprint density at radius 1 is 1.12 bits per heavy atom. The van der Waals surface area contributed by atoms with E-state index in [0.29, 0.717) is 11.5 Å². The van der Waals surface area contributed by atoms with E-state index < -0.39 is 20.7 Å². The van der Waals surface area contributed by atoms with Crippen molar-refractivity contribution < 1.29 is 27.6 Å². The maximum atomic E-state index is 12.7. The Labute approximate surface area is 149 Å². The molecule has 138 valence electrons. The molecule has 1 aliphatic rings. The zero-order chi connectivity index (χ0) is 19.1. The molecule has 0 radical (unpaired) electrons. The van der Waals surface area contributed by atoms with E-state index in [-0.39, 0.29) is 22.0 Å². The molecule has 3 rings (SSSR count). The lowest BCUT2D eigenvalue weighted by Gasteiger charge is -2.16. The van der Waals surface area contributed by atoms with Gasteiger partial charge in [-0.25, -0.2) is 8.42 Å². The van der Waals surface area contributed by atoms with Gasteiger partial charge in [-0.1, -0.05) is 0 Å². The van der Waals surface area contributed by atoms with Crippen LogP contribution in [0.3, 0.4) is 0 Å². The third-order valence-electron chi connectivity index (χ3n) is 3.55. The lowest BCUT2D eigenvalue weighted by Crippen LogP contribution is -2.29. The van der Waals surface area contributed by atoms with Crippen LogP contribution < -0.4 is 18.9 Å². The van der Waals surface area contributed by atoms with Gasteiger partial charge < -0.3 is 14.2 Å². The highest BCUT2D eigenvalue weighted by atomic mass is 32.2. The van der Waals surface area contributed by atoms with Crippen molar-refractivity contribution in [3.63, 3.8) is 0 Å². The summed E-state index contributed by atoms with van der Waals surface area (Å²) in [7, 11) is -2.80. The number of non-ortho nitro benzene ring substituents is 1. The van der Waals surface area contributed by atoms with Gasteiger partial charge in [-0.05, 0) is 18.2 Å². The number of methoxy groups -OCH3 is 1. The van der Waals surface area contributed by atoms with E-state index >= 15 is 0 Å². The third-order valence-corrected chi connectivity index (χ3v) is 4.98. The second-order valence-electron chi connectivity index (χ2n) is 5.96. The van der Waals surface area contributed by atoms with Gasteiger partial charge in [-0.3, -0.25) is 14.8 Å². The Hall–Kier alpha value is -3.01. The highest BCUT2D eigenvalue weighted by molar-refractivity contribution is 7.92. The van der Waals surface area contributed by atoms with Gasteiger partial charge in [0.15, 0.2) is 11.5 Å². The van der Waals surface area contributed by atoms with E-state index in [1.54, 1.807) is 19.9 Å². The molecule has 0 aromatic heterocycles. The maximum Gasteiger partial charge on any atom is 0.273 e. The van der Waals surface area contributed by atoms with Crippen LogP contribution in [0.5, 0.6) is 17.2 Å². The summed E-state index contributed by atoms with van der Waals surface area (Å²) in [5.41, 5.74) is -0.0171. The molecule has 0 spiro atoms. The van der Waals surface area contributed by atoms with Crippen LogP contribution in [0.2, 0.25) is 0 Å². The highest BCUT2D eigenvalue weighted by Gasteiger charge is 2.32. The van der Waals surface area contributed by atoms with Crippen molar-refractivity contribution in [3.8, 4) is 17.2 Å². The van der Waals surface area contributed by atoms with E-state index in [2.05, 4.69) is 4.72 Å². The molecule has 0 amide bonds. The minimum absolute atomic E-state index is 0.131. The van der Waals surface area contributed by atoms with E-state index in [9.17, 15) is 18.5 Å². The van der Waals surface area contributed by atoms with E-state index in [1.165, 1.54) is 19.2 Å². The molecule has 2 aromatic carbocycles. The molecule has 0 atom stereocenters. The van der Waals surface area contributed by atoms with E-state index in [4.69, 9.17) is 14.2 Å². The van der Waals surface area contributed by atoms with Crippen molar-refractivity contribution in [1.82, 2.24) is 0 Å². The Morgan fingerprint density at radius 2 is 1.81 bits per heavy atom.